The van der Waals surface area contributed by atoms with E-state index in [-0.39, 0.29) is 12.5 Å². The fourth-order valence-electron chi connectivity index (χ4n) is 3.08. The van der Waals surface area contributed by atoms with Crippen LogP contribution in [-0.2, 0) is 16.1 Å². The smallest absolute Gasteiger partial charge is 0.267 e. The summed E-state index contributed by atoms with van der Waals surface area (Å²) < 4.78 is 17.2. The second kappa shape index (κ2) is 11.5. The van der Waals surface area contributed by atoms with Gasteiger partial charge in [0, 0.05) is 24.2 Å². The molecule has 3 rings (SSSR count). The summed E-state index contributed by atoms with van der Waals surface area (Å²) in [5.74, 6) is 1.18. The van der Waals surface area contributed by atoms with Crippen LogP contribution in [0, 0.1) is 0 Å². The summed E-state index contributed by atoms with van der Waals surface area (Å²) in [5, 5.41) is 9.69. The molecule has 1 heterocycles. The Kier molecular flexibility index (Phi) is 8.22. The van der Waals surface area contributed by atoms with E-state index < -0.39 is 11.5 Å². The van der Waals surface area contributed by atoms with Crippen molar-refractivity contribution in [1.29, 1.82) is 0 Å². The van der Waals surface area contributed by atoms with Crippen molar-refractivity contribution in [2.45, 2.75) is 13.5 Å². The number of methoxy groups -OCH3 is 2. The number of aromatic nitrogens is 2. The van der Waals surface area contributed by atoms with Crippen LogP contribution < -0.4 is 30.4 Å². The number of hydrogen-bond acceptors (Lipinski definition) is 7. The summed E-state index contributed by atoms with van der Waals surface area (Å²) in [6.45, 7) is 1.91. The second-order valence-corrected chi connectivity index (χ2v) is 7.19. The molecule has 1 aromatic heterocycles. The van der Waals surface area contributed by atoms with E-state index in [4.69, 9.17) is 14.2 Å². The topological polar surface area (TPSA) is 121 Å². The molecule has 0 saturated heterocycles. The van der Waals surface area contributed by atoms with Crippen LogP contribution >= 0.6 is 0 Å². The monoisotopic (exact) mass is 466 g/mol. The summed E-state index contributed by atoms with van der Waals surface area (Å²) in [4.78, 5) is 35.6. The molecule has 0 aliphatic rings. The summed E-state index contributed by atoms with van der Waals surface area (Å²) >= 11 is 0. The predicted molar refractivity (Wildman–Crippen MR) is 126 cm³/mol. The number of amides is 2. The Hall–Kier alpha value is -4.34. The lowest BCUT2D eigenvalue weighted by Crippen LogP contribution is -2.29. The van der Waals surface area contributed by atoms with E-state index in [0.29, 0.717) is 47.3 Å². The Morgan fingerprint density at radius 2 is 1.71 bits per heavy atom. The van der Waals surface area contributed by atoms with E-state index in [2.05, 4.69) is 15.7 Å². The Labute approximate surface area is 196 Å². The van der Waals surface area contributed by atoms with E-state index in [0.717, 1.165) is 4.68 Å². The molecule has 0 saturated carbocycles. The van der Waals surface area contributed by atoms with E-state index in [9.17, 15) is 14.4 Å². The molecule has 178 valence electrons. The van der Waals surface area contributed by atoms with E-state index in [1.165, 1.54) is 20.1 Å². The average Bonchev–Trinajstić information content (AvgIpc) is 2.83. The third-order valence-electron chi connectivity index (χ3n) is 4.72. The fraction of sp³-hybridized carbons (Fsp3) is 0.250. The summed E-state index contributed by atoms with van der Waals surface area (Å²) in [6, 6.07) is 15.0. The molecular formula is C24H26N4O6. The Bertz CT molecular complexity index is 1210. The van der Waals surface area contributed by atoms with Gasteiger partial charge in [-0.25, -0.2) is 4.68 Å². The first kappa shape index (κ1) is 24.3. The first-order valence-electron chi connectivity index (χ1n) is 10.5. The minimum absolute atomic E-state index is 0.121. The molecule has 0 spiro atoms. The highest BCUT2D eigenvalue weighted by Gasteiger charge is 2.11. The highest BCUT2D eigenvalue weighted by Crippen LogP contribution is 2.31. The number of carbonyl (C=O) groups is 2. The summed E-state index contributed by atoms with van der Waals surface area (Å²) in [7, 11) is 3.08. The van der Waals surface area contributed by atoms with Crippen molar-refractivity contribution < 1.29 is 23.8 Å². The lowest BCUT2D eigenvalue weighted by Gasteiger charge is -2.11. The summed E-state index contributed by atoms with van der Waals surface area (Å²) in [6.07, 6.45) is 0. The second-order valence-electron chi connectivity index (χ2n) is 7.19. The minimum Gasteiger partial charge on any atom is -0.493 e. The number of hydrogen-bond donors (Lipinski definition) is 2. The lowest BCUT2D eigenvalue weighted by atomic mass is 10.1. The predicted octanol–water partition coefficient (Wildman–Crippen LogP) is 2.08. The number of anilines is 1. The third-order valence-corrected chi connectivity index (χ3v) is 4.72. The number of ether oxygens (including phenoxy) is 3. The highest BCUT2D eigenvalue weighted by atomic mass is 16.5. The first-order valence-corrected chi connectivity index (χ1v) is 10.5. The number of nitrogens with zero attached hydrogens (tertiary/aromatic N) is 2. The maximum atomic E-state index is 12.5. The number of benzene rings is 2. The number of carbonyl (C=O) groups excluding carboxylic acids is 2. The Morgan fingerprint density at radius 3 is 2.38 bits per heavy atom. The van der Waals surface area contributed by atoms with Crippen LogP contribution in [0.2, 0.25) is 0 Å². The van der Waals surface area contributed by atoms with Gasteiger partial charge < -0.3 is 24.8 Å². The van der Waals surface area contributed by atoms with Crippen LogP contribution in [0.4, 0.5) is 5.69 Å². The first-order chi connectivity index (χ1) is 16.4. The molecule has 0 aliphatic carbocycles. The van der Waals surface area contributed by atoms with Crippen LogP contribution in [0.3, 0.4) is 0 Å². The van der Waals surface area contributed by atoms with Gasteiger partial charge in [0.1, 0.15) is 18.9 Å². The standard InChI is InChI=1S/C24H26N4O6/c1-16(29)25-12-13-34-19-7-5-18(6-8-19)26-23(30)15-28-24(31)11-9-20(27-28)17-4-10-21(32-2)22(14-17)33-3/h4-11,14H,12-13,15H2,1-3H3,(H,25,29)(H,26,30). The van der Waals surface area contributed by atoms with Gasteiger partial charge in [-0.2, -0.15) is 5.10 Å². The molecule has 0 atom stereocenters. The minimum atomic E-state index is -0.404. The molecule has 2 aromatic carbocycles. The zero-order chi connectivity index (χ0) is 24.5. The zero-order valence-corrected chi connectivity index (χ0v) is 19.2. The molecule has 10 heteroatoms. The van der Waals surface area contributed by atoms with Gasteiger partial charge in [0.2, 0.25) is 11.8 Å². The average molecular weight is 466 g/mol. The van der Waals surface area contributed by atoms with Crippen molar-refractivity contribution in [2.24, 2.45) is 0 Å². The Morgan fingerprint density at radius 1 is 0.971 bits per heavy atom. The molecule has 0 aliphatic heterocycles. The molecular weight excluding hydrogens is 440 g/mol. The maximum absolute atomic E-state index is 12.5. The van der Waals surface area contributed by atoms with Gasteiger partial charge in [0.05, 0.1) is 26.5 Å². The van der Waals surface area contributed by atoms with Crippen molar-refractivity contribution in [3.8, 4) is 28.5 Å². The molecule has 0 unspecified atom stereocenters. The van der Waals surface area contributed by atoms with Crippen molar-refractivity contribution in [3.05, 3.63) is 65.0 Å². The van der Waals surface area contributed by atoms with Crippen LogP contribution in [-0.4, -0.2) is 49.0 Å². The maximum Gasteiger partial charge on any atom is 0.267 e. The fourth-order valence-corrected chi connectivity index (χ4v) is 3.08. The third kappa shape index (κ3) is 6.58. The van der Waals surface area contributed by atoms with Gasteiger partial charge in [-0.3, -0.25) is 14.4 Å². The molecule has 0 fully saturated rings. The normalized spacial score (nSPS) is 10.3. The van der Waals surface area contributed by atoms with Crippen LogP contribution in [0.1, 0.15) is 6.92 Å². The highest BCUT2D eigenvalue weighted by molar-refractivity contribution is 5.90. The molecule has 34 heavy (non-hydrogen) atoms. The van der Waals surface area contributed by atoms with Crippen molar-refractivity contribution >= 4 is 17.5 Å². The number of rotatable bonds is 10. The van der Waals surface area contributed by atoms with Gasteiger partial charge >= 0.3 is 0 Å². The SMILES string of the molecule is COc1ccc(-c2ccc(=O)n(CC(=O)Nc3ccc(OCCNC(C)=O)cc3)n2)cc1OC. The van der Waals surface area contributed by atoms with Gasteiger partial charge in [-0.15, -0.1) is 0 Å². The van der Waals surface area contributed by atoms with E-state index in [1.807, 2.05) is 0 Å². The van der Waals surface area contributed by atoms with Crippen molar-refractivity contribution in [1.82, 2.24) is 15.1 Å². The molecule has 2 amide bonds. The van der Waals surface area contributed by atoms with E-state index >= 15 is 0 Å². The van der Waals surface area contributed by atoms with Gasteiger partial charge in [0.15, 0.2) is 11.5 Å². The molecule has 2 N–H and O–H groups in total. The number of nitrogens with one attached hydrogen (secondary N) is 2. The molecule has 0 radical (unpaired) electrons. The van der Waals surface area contributed by atoms with Crippen LogP contribution in [0.15, 0.2) is 59.4 Å². The van der Waals surface area contributed by atoms with Crippen LogP contribution in [0.25, 0.3) is 11.3 Å². The largest absolute Gasteiger partial charge is 0.493 e. The zero-order valence-electron chi connectivity index (χ0n) is 19.2. The molecule has 3 aromatic rings. The van der Waals surface area contributed by atoms with Crippen LogP contribution in [0.5, 0.6) is 17.2 Å². The van der Waals surface area contributed by atoms with Crippen molar-refractivity contribution in [2.75, 3.05) is 32.7 Å². The Balaban J connectivity index is 1.64. The van der Waals surface area contributed by atoms with Gasteiger partial charge in [-0.05, 0) is 48.5 Å². The molecule has 0 bridgehead atoms. The summed E-state index contributed by atoms with van der Waals surface area (Å²) in [5.41, 5.74) is 1.36. The lowest BCUT2D eigenvalue weighted by molar-refractivity contribution is -0.119. The van der Waals surface area contributed by atoms with Gasteiger partial charge in [0.25, 0.3) is 5.56 Å². The van der Waals surface area contributed by atoms with E-state index in [1.54, 1.807) is 55.6 Å². The van der Waals surface area contributed by atoms with Crippen molar-refractivity contribution in [3.63, 3.8) is 0 Å². The quantitative estimate of drug-likeness (QED) is 0.439. The molecule has 10 nitrogen and oxygen atoms in total. The van der Waals surface area contributed by atoms with Gasteiger partial charge in [-0.1, -0.05) is 0 Å².